The topological polar surface area (TPSA) is 3.24 Å². The minimum absolute atomic E-state index is 0.958. The van der Waals surface area contributed by atoms with Gasteiger partial charge >= 0.3 is 0 Å². The van der Waals surface area contributed by atoms with Gasteiger partial charge in [0.2, 0.25) is 0 Å². The van der Waals surface area contributed by atoms with Crippen LogP contribution in [0.5, 0.6) is 0 Å². The van der Waals surface area contributed by atoms with Gasteiger partial charge in [-0.2, -0.15) is 0 Å². The lowest BCUT2D eigenvalue weighted by molar-refractivity contribution is 0.124. The van der Waals surface area contributed by atoms with E-state index in [4.69, 9.17) is 0 Å². The van der Waals surface area contributed by atoms with E-state index in [1.807, 2.05) is 0 Å². The molecule has 0 amide bonds. The molecule has 98 valence electrons. The van der Waals surface area contributed by atoms with Gasteiger partial charge in [-0.1, -0.05) is 32.6 Å². The molecule has 0 N–H and O–H groups in total. The van der Waals surface area contributed by atoms with Gasteiger partial charge in [-0.15, -0.1) is 0 Å². The first-order valence-electron chi connectivity index (χ1n) is 8.08. The van der Waals surface area contributed by atoms with Crippen LogP contribution in [-0.2, 0) is 0 Å². The number of rotatable bonds is 2. The Hall–Kier alpha value is -0.0400. The Morgan fingerprint density at radius 1 is 0.824 bits per heavy atom. The lowest BCUT2D eigenvalue weighted by Gasteiger charge is -2.37. The van der Waals surface area contributed by atoms with Crippen LogP contribution in [0.3, 0.4) is 0 Å². The first-order valence-corrected chi connectivity index (χ1v) is 8.08. The maximum Gasteiger partial charge on any atom is 0.00979 e. The van der Waals surface area contributed by atoms with Gasteiger partial charge in [-0.25, -0.2) is 0 Å². The fraction of sp³-hybridized carbons (Fsp3) is 1.00. The highest BCUT2D eigenvalue weighted by Gasteiger charge is 2.41. The molecule has 0 spiro atoms. The first-order chi connectivity index (χ1) is 8.34. The summed E-state index contributed by atoms with van der Waals surface area (Å²) in [4.78, 5) is 2.85. The van der Waals surface area contributed by atoms with Crippen LogP contribution >= 0.6 is 0 Å². The number of likely N-dealkylation sites (tertiary alicyclic amines) is 1. The van der Waals surface area contributed by atoms with E-state index in [2.05, 4.69) is 11.8 Å². The average Bonchev–Trinajstić information content (AvgIpc) is 3.12. The zero-order valence-corrected chi connectivity index (χ0v) is 11.5. The Balaban J connectivity index is 1.55. The van der Waals surface area contributed by atoms with E-state index in [0.29, 0.717) is 0 Å². The molecule has 3 aliphatic rings. The van der Waals surface area contributed by atoms with Gasteiger partial charge in [0.05, 0.1) is 0 Å². The van der Waals surface area contributed by atoms with Gasteiger partial charge < -0.3 is 4.90 Å². The summed E-state index contributed by atoms with van der Waals surface area (Å²) in [5, 5.41) is 0. The van der Waals surface area contributed by atoms with Gasteiger partial charge in [-0.3, -0.25) is 0 Å². The molecule has 17 heavy (non-hydrogen) atoms. The third-order valence-electron chi connectivity index (χ3n) is 5.62. The Kier molecular flexibility index (Phi) is 3.75. The molecule has 3 rings (SSSR count). The SMILES string of the molecule is CC1CC1C1CCCC(N2CCCCCC2)C1. The fourth-order valence-electron chi connectivity index (χ4n) is 4.39. The van der Waals surface area contributed by atoms with Crippen molar-refractivity contribution in [1.82, 2.24) is 4.90 Å². The Labute approximate surface area is 107 Å². The minimum Gasteiger partial charge on any atom is -0.300 e. The molecule has 0 bridgehead atoms. The summed E-state index contributed by atoms with van der Waals surface area (Å²) in [6.45, 7) is 5.26. The third-order valence-corrected chi connectivity index (χ3v) is 5.62. The van der Waals surface area contributed by atoms with E-state index in [9.17, 15) is 0 Å². The number of hydrogen-bond donors (Lipinski definition) is 0. The quantitative estimate of drug-likeness (QED) is 0.697. The van der Waals surface area contributed by atoms with Gasteiger partial charge in [-0.05, 0) is 62.9 Å². The van der Waals surface area contributed by atoms with Crippen LogP contribution in [0.25, 0.3) is 0 Å². The highest BCUT2D eigenvalue weighted by atomic mass is 15.2. The molecule has 0 radical (unpaired) electrons. The average molecular weight is 235 g/mol. The summed E-state index contributed by atoms with van der Waals surface area (Å²) >= 11 is 0. The maximum atomic E-state index is 2.85. The molecule has 3 fully saturated rings. The molecule has 0 aromatic heterocycles. The van der Waals surface area contributed by atoms with E-state index < -0.39 is 0 Å². The van der Waals surface area contributed by atoms with Crippen molar-refractivity contribution in [2.45, 2.75) is 70.8 Å². The number of nitrogens with zero attached hydrogens (tertiary/aromatic N) is 1. The fourth-order valence-corrected chi connectivity index (χ4v) is 4.39. The monoisotopic (exact) mass is 235 g/mol. The van der Waals surface area contributed by atoms with Crippen molar-refractivity contribution in [2.75, 3.05) is 13.1 Å². The predicted octanol–water partition coefficient (Wildman–Crippen LogP) is 4.08. The number of hydrogen-bond acceptors (Lipinski definition) is 1. The summed E-state index contributed by atoms with van der Waals surface area (Å²) in [6.07, 6.45) is 13.5. The molecule has 2 aliphatic carbocycles. The predicted molar refractivity (Wildman–Crippen MR) is 73.1 cm³/mol. The highest BCUT2D eigenvalue weighted by Crippen LogP contribution is 2.49. The third kappa shape index (κ3) is 2.86. The van der Waals surface area contributed by atoms with Crippen LogP contribution in [0.1, 0.15) is 64.7 Å². The molecule has 1 nitrogen and oxygen atoms in total. The summed E-state index contributed by atoms with van der Waals surface area (Å²) in [5.74, 6) is 3.26. The summed E-state index contributed by atoms with van der Waals surface area (Å²) in [6, 6.07) is 0.958. The molecule has 2 saturated carbocycles. The second-order valence-corrected chi connectivity index (χ2v) is 6.91. The summed E-state index contributed by atoms with van der Waals surface area (Å²) in [5.41, 5.74) is 0. The molecule has 1 aliphatic heterocycles. The standard InChI is InChI=1S/C16H29N/c1-13-11-16(13)14-7-6-8-15(12-14)17-9-4-2-3-5-10-17/h13-16H,2-12H2,1H3. The van der Waals surface area contributed by atoms with Crippen LogP contribution in [0.4, 0.5) is 0 Å². The van der Waals surface area contributed by atoms with Crippen molar-refractivity contribution in [3.63, 3.8) is 0 Å². The van der Waals surface area contributed by atoms with Crippen LogP contribution < -0.4 is 0 Å². The van der Waals surface area contributed by atoms with Gasteiger partial charge in [0.15, 0.2) is 0 Å². The van der Waals surface area contributed by atoms with Crippen LogP contribution in [-0.4, -0.2) is 24.0 Å². The Morgan fingerprint density at radius 3 is 2.18 bits per heavy atom. The lowest BCUT2D eigenvalue weighted by atomic mass is 9.81. The normalized spacial score (nSPS) is 44.3. The smallest absolute Gasteiger partial charge is 0.00979 e. The molecule has 1 saturated heterocycles. The molecule has 0 aromatic carbocycles. The van der Waals surface area contributed by atoms with Gasteiger partial charge in [0, 0.05) is 6.04 Å². The molecule has 1 heterocycles. The molecule has 4 unspecified atom stereocenters. The van der Waals surface area contributed by atoms with E-state index in [1.165, 1.54) is 64.5 Å². The first kappa shape index (κ1) is 12.0. The Bertz CT molecular complexity index is 242. The zero-order chi connectivity index (χ0) is 11.7. The van der Waals surface area contributed by atoms with E-state index in [0.717, 1.165) is 23.8 Å². The summed E-state index contributed by atoms with van der Waals surface area (Å²) in [7, 11) is 0. The van der Waals surface area contributed by atoms with Gasteiger partial charge in [0.1, 0.15) is 0 Å². The maximum absolute atomic E-state index is 2.85. The van der Waals surface area contributed by atoms with Crippen molar-refractivity contribution in [1.29, 1.82) is 0 Å². The van der Waals surface area contributed by atoms with Crippen molar-refractivity contribution >= 4 is 0 Å². The summed E-state index contributed by atoms with van der Waals surface area (Å²) < 4.78 is 0. The molecule has 1 heteroatoms. The van der Waals surface area contributed by atoms with Crippen LogP contribution in [0.2, 0.25) is 0 Å². The van der Waals surface area contributed by atoms with Crippen molar-refractivity contribution in [3.05, 3.63) is 0 Å². The minimum atomic E-state index is 0.958. The van der Waals surface area contributed by atoms with Crippen LogP contribution in [0.15, 0.2) is 0 Å². The largest absolute Gasteiger partial charge is 0.300 e. The van der Waals surface area contributed by atoms with Crippen LogP contribution in [0, 0.1) is 17.8 Å². The second kappa shape index (κ2) is 5.30. The van der Waals surface area contributed by atoms with Crippen molar-refractivity contribution in [3.8, 4) is 0 Å². The van der Waals surface area contributed by atoms with Crippen molar-refractivity contribution < 1.29 is 0 Å². The molecule has 0 aromatic rings. The molecule has 4 atom stereocenters. The van der Waals surface area contributed by atoms with E-state index in [1.54, 1.807) is 6.42 Å². The van der Waals surface area contributed by atoms with Crippen molar-refractivity contribution in [2.24, 2.45) is 17.8 Å². The molecular weight excluding hydrogens is 206 g/mol. The van der Waals surface area contributed by atoms with Gasteiger partial charge in [0.25, 0.3) is 0 Å². The Morgan fingerprint density at radius 2 is 1.53 bits per heavy atom. The highest BCUT2D eigenvalue weighted by molar-refractivity contribution is 4.93. The molecular formula is C16H29N. The lowest BCUT2D eigenvalue weighted by Crippen LogP contribution is -2.39. The van der Waals surface area contributed by atoms with E-state index in [-0.39, 0.29) is 0 Å². The zero-order valence-electron chi connectivity index (χ0n) is 11.5. The second-order valence-electron chi connectivity index (χ2n) is 6.91. The van der Waals surface area contributed by atoms with E-state index >= 15 is 0 Å².